The number of likely N-dealkylation sites (tertiary alicyclic amines) is 1. The molecule has 6 atom stereocenters. The molecule has 1 amide bonds. The highest BCUT2D eigenvalue weighted by Crippen LogP contribution is 2.85. The maximum absolute atomic E-state index is 14.0. The second kappa shape index (κ2) is 6.59. The minimum Gasteiger partial charge on any atom is -0.485 e. The van der Waals surface area contributed by atoms with E-state index >= 15 is 0 Å². The van der Waals surface area contributed by atoms with Crippen molar-refractivity contribution in [3.63, 3.8) is 0 Å². The van der Waals surface area contributed by atoms with Gasteiger partial charge >= 0.3 is 0 Å². The molecule has 3 fully saturated rings. The topological polar surface area (TPSA) is 61.8 Å². The lowest BCUT2D eigenvalue weighted by molar-refractivity contribution is -0.185. The lowest BCUT2D eigenvalue weighted by Crippen LogP contribution is -2.75. The van der Waals surface area contributed by atoms with Gasteiger partial charge in [0.2, 0.25) is 5.91 Å². The van der Waals surface area contributed by atoms with Crippen LogP contribution in [0.15, 0.2) is 54.1 Å². The van der Waals surface area contributed by atoms with Gasteiger partial charge in [0.15, 0.2) is 0 Å². The number of nitrogens with zero attached hydrogens (tertiary/aromatic N) is 1. The fraction of sp³-hybridized carbons (Fsp3) is 0.500. The molecule has 1 unspecified atom stereocenters. The number of carbonyl (C=O) groups excluding carboxylic acids is 1. The summed E-state index contributed by atoms with van der Waals surface area (Å²) in [5.74, 6) is 0.813. The third-order valence-electron chi connectivity index (χ3n) is 10.9. The summed E-state index contributed by atoms with van der Waals surface area (Å²) in [6.45, 7) is 3.33. The van der Waals surface area contributed by atoms with Crippen molar-refractivity contribution in [2.75, 3.05) is 19.8 Å². The molecule has 2 heterocycles. The van der Waals surface area contributed by atoms with Crippen molar-refractivity contribution in [1.82, 2.24) is 10.2 Å². The van der Waals surface area contributed by atoms with E-state index in [-0.39, 0.29) is 29.5 Å². The summed E-state index contributed by atoms with van der Waals surface area (Å²) in [7, 11) is 0. The van der Waals surface area contributed by atoms with E-state index in [1.54, 1.807) is 0 Å². The minimum absolute atomic E-state index is 0.105. The number of halogens is 1. The number of carbonyl (C=O) groups is 1. The van der Waals surface area contributed by atoms with Gasteiger partial charge in [0, 0.05) is 35.5 Å². The molecule has 8 rings (SSSR count). The van der Waals surface area contributed by atoms with Crippen LogP contribution in [0.25, 0.3) is 0 Å². The number of hydrogen-bond donors (Lipinski definition) is 2. The van der Waals surface area contributed by atoms with E-state index in [1.807, 2.05) is 30.3 Å². The SMILES string of the molecule is Cc1ccc2c3c1O[C@@H]1[C@]34CCN(CCF)[C@H](C2)C42CC=C3[C@@](C(=O)NCc4ccccc4)(C2)[C@]31O. The number of fused-ring (bicyclic) bond motifs is 2. The molecule has 5 nitrogen and oxygen atoms in total. The normalized spacial score (nSPS) is 40.1. The minimum atomic E-state index is -1.30. The van der Waals surface area contributed by atoms with Gasteiger partial charge in [-0.3, -0.25) is 9.69 Å². The average Bonchev–Trinajstić information content (AvgIpc) is 3.29. The number of aliphatic hydroxyl groups is 1. The fourth-order valence-electron chi connectivity index (χ4n) is 9.52. The Labute approximate surface area is 210 Å². The van der Waals surface area contributed by atoms with Crippen molar-refractivity contribution in [2.45, 2.75) is 62.3 Å². The van der Waals surface area contributed by atoms with E-state index in [2.05, 4.69) is 35.3 Å². The van der Waals surface area contributed by atoms with Gasteiger partial charge < -0.3 is 15.2 Å². The Bertz CT molecular complexity index is 1360. The Balaban J connectivity index is 1.29. The van der Waals surface area contributed by atoms with Crippen LogP contribution < -0.4 is 10.1 Å². The van der Waals surface area contributed by atoms with Crippen LogP contribution in [0.1, 0.15) is 41.5 Å². The zero-order chi connectivity index (χ0) is 24.5. The zero-order valence-electron chi connectivity index (χ0n) is 20.5. The van der Waals surface area contributed by atoms with E-state index in [4.69, 9.17) is 4.74 Å². The van der Waals surface area contributed by atoms with Crippen LogP contribution in [-0.4, -0.2) is 53.4 Å². The number of nitrogens with one attached hydrogen (secondary N) is 1. The summed E-state index contributed by atoms with van der Waals surface area (Å²) < 4.78 is 20.5. The Hall–Kier alpha value is -2.70. The van der Waals surface area contributed by atoms with Crippen LogP contribution in [0.3, 0.4) is 0 Å². The van der Waals surface area contributed by atoms with Crippen LogP contribution in [0.4, 0.5) is 4.39 Å². The van der Waals surface area contributed by atoms with E-state index in [0.717, 1.165) is 48.3 Å². The van der Waals surface area contributed by atoms with Crippen molar-refractivity contribution in [1.29, 1.82) is 0 Å². The number of alkyl halides is 1. The predicted molar refractivity (Wildman–Crippen MR) is 132 cm³/mol. The molecule has 1 saturated heterocycles. The third-order valence-corrected chi connectivity index (χ3v) is 10.9. The molecule has 36 heavy (non-hydrogen) atoms. The quantitative estimate of drug-likeness (QED) is 0.637. The second-order valence-corrected chi connectivity index (χ2v) is 11.9. The summed E-state index contributed by atoms with van der Waals surface area (Å²) in [6.07, 6.45) is 4.73. The standard InChI is InChI=1S/C30H31FN2O3/c1-18-7-8-20-15-22-27-10-9-21-29(17-27,26(34)32-16-19-5-3-2-4-6-19)30(21,35)25-28(27,23(20)24(18)36-25)11-13-33(22)14-12-31/h2-9,22,25,35H,10-17H2,1H3,(H,32,34)/t22-,25-,27?,28+,29-,30+/m1/s1. The molecule has 186 valence electrons. The van der Waals surface area contributed by atoms with Gasteiger partial charge in [0.25, 0.3) is 0 Å². The first-order chi connectivity index (χ1) is 17.4. The van der Waals surface area contributed by atoms with Crippen LogP contribution in [-0.2, 0) is 23.2 Å². The maximum atomic E-state index is 14.0. The number of hydrogen-bond acceptors (Lipinski definition) is 4. The first-order valence-electron chi connectivity index (χ1n) is 13.3. The number of piperidine rings is 1. The fourth-order valence-corrected chi connectivity index (χ4v) is 9.52. The van der Waals surface area contributed by atoms with Crippen molar-refractivity contribution >= 4 is 5.91 Å². The highest BCUT2D eigenvalue weighted by molar-refractivity contribution is 5.97. The molecule has 0 aromatic heterocycles. The molecule has 2 aromatic carbocycles. The Kier molecular flexibility index (Phi) is 3.92. The molecule has 2 saturated carbocycles. The smallest absolute Gasteiger partial charge is 0.234 e. The Morgan fingerprint density at radius 1 is 1.25 bits per heavy atom. The molecular weight excluding hydrogens is 455 g/mol. The van der Waals surface area contributed by atoms with Gasteiger partial charge in [0.1, 0.15) is 29.5 Å². The Morgan fingerprint density at radius 3 is 2.89 bits per heavy atom. The number of benzene rings is 2. The van der Waals surface area contributed by atoms with Crippen LogP contribution in [0, 0.1) is 17.8 Å². The summed E-state index contributed by atoms with van der Waals surface area (Å²) in [6, 6.07) is 14.3. The molecule has 4 bridgehead atoms. The molecular formula is C30H31FN2O3. The van der Waals surface area contributed by atoms with Gasteiger partial charge in [-0.05, 0) is 61.4 Å². The van der Waals surface area contributed by atoms with E-state index in [9.17, 15) is 14.3 Å². The molecule has 2 spiro atoms. The highest BCUT2D eigenvalue weighted by Gasteiger charge is 2.93. The molecule has 2 aromatic rings. The number of rotatable bonds is 5. The van der Waals surface area contributed by atoms with Crippen molar-refractivity contribution < 1.29 is 19.0 Å². The van der Waals surface area contributed by atoms with Gasteiger partial charge in [-0.15, -0.1) is 0 Å². The summed E-state index contributed by atoms with van der Waals surface area (Å²) in [5, 5.41) is 15.6. The molecule has 0 radical (unpaired) electrons. The summed E-state index contributed by atoms with van der Waals surface area (Å²) >= 11 is 0. The van der Waals surface area contributed by atoms with E-state index in [1.165, 1.54) is 11.1 Å². The molecule has 2 N–H and O–H groups in total. The highest BCUT2D eigenvalue weighted by atomic mass is 19.1. The van der Waals surface area contributed by atoms with Crippen LogP contribution in [0.5, 0.6) is 5.75 Å². The first-order valence-corrected chi connectivity index (χ1v) is 13.3. The van der Waals surface area contributed by atoms with Crippen molar-refractivity contribution in [2.24, 2.45) is 10.8 Å². The number of ether oxygens (including phenoxy) is 1. The third kappa shape index (κ3) is 2.05. The number of allylic oxidation sites excluding steroid dienone is 1. The van der Waals surface area contributed by atoms with Gasteiger partial charge in [0.05, 0.1) is 0 Å². The molecule has 2 aliphatic heterocycles. The molecule has 6 aliphatic rings. The second-order valence-electron chi connectivity index (χ2n) is 11.9. The van der Waals surface area contributed by atoms with Crippen LogP contribution in [0.2, 0.25) is 0 Å². The lowest BCUT2D eigenvalue weighted by Gasteiger charge is -2.67. The largest absolute Gasteiger partial charge is 0.485 e. The summed E-state index contributed by atoms with van der Waals surface area (Å²) in [5.41, 5.74) is 2.61. The average molecular weight is 487 g/mol. The predicted octanol–water partition coefficient (Wildman–Crippen LogP) is 3.36. The molecule has 6 heteroatoms. The summed E-state index contributed by atoms with van der Waals surface area (Å²) in [4.78, 5) is 16.3. The van der Waals surface area contributed by atoms with E-state index < -0.39 is 17.1 Å². The zero-order valence-corrected chi connectivity index (χ0v) is 20.5. The van der Waals surface area contributed by atoms with Crippen molar-refractivity contribution in [3.05, 3.63) is 76.4 Å². The lowest BCUT2D eigenvalue weighted by atomic mass is 9.40. The molecule has 4 aliphatic carbocycles. The van der Waals surface area contributed by atoms with E-state index in [0.29, 0.717) is 19.5 Å². The Morgan fingerprint density at radius 2 is 2.08 bits per heavy atom. The van der Waals surface area contributed by atoms with Gasteiger partial charge in [-0.25, -0.2) is 4.39 Å². The van der Waals surface area contributed by atoms with Crippen molar-refractivity contribution in [3.8, 4) is 5.75 Å². The maximum Gasteiger partial charge on any atom is 0.234 e. The van der Waals surface area contributed by atoms with Crippen LogP contribution >= 0.6 is 0 Å². The van der Waals surface area contributed by atoms with Gasteiger partial charge in [-0.2, -0.15) is 0 Å². The number of amides is 1. The number of aryl methyl sites for hydroxylation is 1. The first kappa shape index (κ1) is 21.4. The van der Waals surface area contributed by atoms with Gasteiger partial charge in [-0.1, -0.05) is 48.5 Å². The monoisotopic (exact) mass is 486 g/mol.